The molecule has 4 aromatic carbocycles. The quantitative estimate of drug-likeness (QED) is 0.0871. The number of fused-ring (bicyclic) bond motifs is 3. The van der Waals surface area contributed by atoms with E-state index < -0.39 is 0 Å². The molecule has 2 heterocycles. The zero-order chi connectivity index (χ0) is 31.8. The monoisotopic (exact) mass is 640 g/mol. The summed E-state index contributed by atoms with van der Waals surface area (Å²) in [4.78, 5) is 28.4. The van der Waals surface area contributed by atoms with Gasteiger partial charge in [-0.15, -0.1) is 0 Å². The number of carbonyl (C=O) groups is 2. The van der Waals surface area contributed by atoms with Crippen LogP contribution in [0.2, 0.25) is 0 Å². The third kappa shape index (κ3) is 5.88. The van der Waals surface area contributed by atoms with Gasteiger partial charge in [0, 0.05) is 23.3 Å². The number of nitrogens with zero attached hydrogens (tertiary/aromatic N) is 2. The van der Waals surface area contributed by atoms with E-state index in [1.807, 2.05) is 6.08 Å². The van der Waals surface area contributed by atoms with Gasteiger partial charge in [-0.05, 0) is 96.5 Å². The lowest BCUT2D eigenvalue weighted by atomic mass is 9.82. The van der Waals surface area contributed by atoms with E-state index >= 15 is 0 Å². The van der Waals surface area contributed by atoms with Gasteiger partial charge in [-0.2, -0.15) is 0 Å². The van der Waals surface area contributed by atoms with Crippen molar-refractivity contribution < 1.29 is 9.59 Å². The van der Waals surface area contributed by atoms with Gasteiger partial charge < -0.3 is 9.69 Å². The Morgan fingerprint density at radius 1 is 0.848 bits per heavy atom. The van der Waals surface area contributed by atoms with E-state index in [2.05, 4.69) is 116 Å². The van der Waals surface area contributed by atoms with Crippen LogP contribution in [0.3, 0.4) is 0 Å². The average Bonchev–Trinajstić information content (AvgIpc) is 3.54. The molecule has 0 bridgehead atoms. The first-order chi connectivity index (χ1) is 22.4. The molecule has 4 aromatic rings. The summed E-state index contributed by atoms with van der Waals surface area (Å²) >= 11 is 6.62. The molecule has 2 atom stereocenters. The number of benzene rings is 4. The number of carbonyl (C=O) groups excluding carboxylic acids is 2. The zero-order valence-electron chi connectivity index (χ0n) is 26.1. The van der Waals surface area contributed by atoms with Crippen LogP contribution < -0.4 is 4.90 Å². The van der Waals surface area contributed by atoms with Gasteiger partial charge in [0.25, 0.3) is 5.91 Å². The highest BCUT2D eigenvalue weighted by Crippen LogP contribution is 2.51. The minimum absolute atomic E-state index is 0.00128. The van der Waals surface area contributed by atoms with Gasteiger partial charge >= 0.3 is 0 Å². The molecule has 0 radical (unpaired) electrons. The van der Waals surface area contributed by atoms with E-state index in [1.165, 1.54) is 79.8 Å². The zero-order valence-corrected chi connectivity index (χ0v) is 27.7. The van der Waals surface area contributed by atoms with Gasteiger partial charge in [0.15, 0.2) is 0 Å². The summed E-state index contributed by atoms with van der Waals surface area (Å²) in [7, 11) is 0. The van der Waals surface area contributed by atoms with Crippen molar-refractivity contribution in [3.63, 3.8) is 0 Å². The van der Waals surface area contributed by atoms with Gasteiger partial charge in [0.1, 0.15) is 10.6 Å². The van der Waals surface area contributed by atoms with Crippen molar-refractivity contribution >= 4 is 69.6 Å². The number of aldehydes is 1. The van der Waals surface area contributed by atoms with Crippen molar-refractivity contribution in [2.24, 2.45) is 0 Å². The Bertz CT molecular complexity index is 1830. The maximum absolute atomic E-state index is 12.9. The number of anilines is 2. The second-order valence-electron chi connectivity index (χ2n) is 12.5. The molecule has 2 fully saturated rings. The summed E-state index contributed by atoms with van der Waals surface area (Å²) in [5.41, 5.74) is 12.1. The van der Waals surface area contributed by atoms with Crippen molar-refractivity contribution in [1.82, 2.24) is 4.90 Å². The second-order valence-corrected chi connectivity index (χ2v) is 14.2. The molecule has 6 heteroatoms. The molecular formula is C40H36N2O2S2. The van der Waals surface area contributed by atoms with Crippen LogP contribution in [0.1, 0.15) is 70.5 Å². The van der Waals surface area contributed by atoms with Crippen molar-refractivity contribution in [3.8, 4) is 0 Å². The van der Waals surface area contributed by atoms with E-state index in [-0.39, 0.29) is 12.5 Å². The highest BCUT2D eigenvalue weighted by atomic mass is 32.2. The van der Waals surface area contributed by atoms with Crippen LogP contribution in [0, 0.1) is 13.8 Å². The lowest BCUT2D eigenvalue weighted by molar-refractivity contribution is -0.124. The number of hydrogen-bond acceptors (Lipinski definition) is 5. The van der Waals surface area contributed by atoms with Crippen molar-refractivity contribution in [2.45, 2.75) is 51.5 Å². The molecule has 4 nitrogen and oxygen atoms in total. The first-order valence-electron chi connectivity index (χ1n) is 16.0. The molecule has 3 aliphatic rings. The topological polar surface area (TPSA) is 40.6 Å². The Labute approximate surface area is 280 Å². The number of aryl methyl sites for hydroxylation is 2. The maximum Gasteiger partial charge on any atom is 0.266 e. The van der Waals surface area contributed by atoms with Crippen LogP contribution in [-0.2, 0) is 9.59 Å². The summed E-state index contributed by atoms with van der Waals surface area (Å²) in [5.74, 6) is 0.262. The fourth-order valence-corrected chi connectivity index (χ4v) is 8.33. The van der Waals surface area contributed by atoms with Gasteiger partial charge in [0.2, 0.25) is 0 Å². The van der Waals surface area contributed by atoms with Crippen LogP contribution >= 0.6 is 24.0 Å². The minimum atomic E-state index is -0.193. The summed E-state index contributed by atoms with van der Waals surface area (Å²) in [6.07, 6.45) is 9.72. The number of amides is 1. The lowest BCUT2D eigenvalue weighted by Gasteiger charge is -2.33. The smallest absolute Gasteiger partial charge is 0.266 e. The average molecular weight is 641 g/mol. The first kappa shape index (κ1) is 30.4. The number of hydrogen-bond donors (Lipinski definition) is 0. The molecular weight excluding hydrogens is 605 g/mol. The van der Waals surface area contributed by atoms with Crippen LogP contribution in [0.15, 0.2) is 95.9 Å². The number of rotatable bonds is 7. The van der Waals surface area contributed by atoms with Crippen molar-refractivity contribution in [1.29, 1.82) is 0 Å². The van der Waals surface area contributed by atoms with Gasteiger partial charge in [0.05, 0.1) is 11.4 Å². The predicted molar refractivity (Wildman–Crippen MR) is 195 cm³/mol. The van der Waals surface area contributed by atoms with Crippen LogP contribution in [0.4, 0.5) is 11.4 Å². The fraction of sp³-hybridized carbons (Fsp3) is 0.225. The predicted octanol–water partition coefficient (Wildman–Crippen LogP) is 9.47. The Balaban J connectivity index is 1.21. The van der Waals surface area contributed by atoms with E-state index in [1.54, 1.807) is 0 Å². The van der Waals surface area contributed by atoms with Gasteiger partial charge in [-0.25, -0.2) is 0 Å². The fourth-order valence-electron chi connectivity index (χ4n) is 7.05. The highest BCUT2D eigenvalue weighted by Gasteiger charge is 2.40. The Kier molecular flexibility index (Phi) is 8.50. The third-order valence-electron chi connectivity index (χ3n) is 9.41. The molecule has 0 N–H and O–H groups in total. The minimum Gasteiger partial charge on any atom is -0.338 e. The highest BCUT2D eigenvalue weighted by molar-refractivity contribution is 8.26. The van der Waals surface area contributed by atoms with Gasteiger partial charge in [-0.3, -0.25) is 9.69 Å². The molecule has 2 unspecified atom stereocenters. The molecule has 1 amide bonds. The van der Waals surface area contributed by atoms with Crippen LogP contribution in [-0.4, -0.2) is 34.0 Å². The molecule has 0 spiro atoms. The molecule has 7 rings (SSSR count). The first-order valence-corrected chi connectivity index (χ1v) is 17.2. The normalized spacial score (nSPS) is 19.7. The SMILES string of the molecule is Cc1ccc(C(=Cc2ccc(N3c4ccc(/C=C5\SC(=S)N(CC=O)C5=O)cc4C4CCCCC43)cc2)c2ccc(C)cc2)cc1. The summed E-state index contributed by atoms with van der Waals surface area (Å²) < 4.78 is 0.436. The number of thioether (sulfide) groups is 1. The largest absolute Gasteiger partial charge is 0.338 e. The molecule has 230 valence electrons. The van der Waals surface area contributed by atoms with Crippen molar-refractivity contribution in [3.05, 3.63) is 135 Å². The Hall–Kier alpha value is -4.26. The van der Waals surface area contributed by atoms with E-state index in [4.69, 9.17) is 12.2 Å². The Morgan fingerprint density at radius 2 is 1.48 bits per heavy atom. The molecule has 1 aliphatic carbocycles. The molecule has 46 heavy (non-hydrogen) atoms. The van der Waals surface area contributed by atoms with Crippen LogP contribution in [0.5, 0.6) is 0 Å². The van der Waals surface area contributed by atoms with E-state index in [9.17, 15) is 9.59 Å². The van der Waals surface area contributed by atoms with Crippen LogP contribution in [0.25, 0.3) is 17.7 Å². The van der Waals surface area contributed by atoms with Crippen molar-refractivity contribution in [2.75, 3.05) is 11.4 Å². The number of thiocarbonyl (C=S) groups is 1. The van der Waals surface area contributed by atoms with E-state index in [0.29, 0.717) is 21.2 Å². The Morgan fingerprint density at radius 3 is 2.13 bits per heavy atom. The summed E-state index contributed by atoms with van der Waals surface area (Å²) in [6.45, 7) is 4.25. The standard InChI is InChI=1S/C40H36N2O2S2/c1-26-7-14-30(15-8-26)34(31-16-9-27(2)10-17-31)23-28-11-18-32(19-12-28)42-36-6-4-3-5-33(36)35-24-29(13-20-37(35)42)25-38-39(44)41(21-22-43)40(45)46-38/h7-20,22-25,33,36H,3-6,21H2,1-2H3/b38-25-. The summed E-state index contributed by atoms with van der Waals surface area (Å²) in [6, 6.07) is 33.5. The molecule has 1 saturated heterocycles. The van der Waals surface area contributed by atoms with Gasteiger partial charge in [-0.1, -0.05) is 115 Å². The summed E-state index contributed by atoms with van der Waals surface area (Å²) in [5, 5.41) is 0. The molecule has 2 aliphatic heterocycles. The lowest BCUT2D eigenvalue weighted by Crippen LogP contribution is -2.32. The second kappa shape index (κ2) is 12.9. The maximum atomic E-state index is 12.9. The molecule has 0 aromatic heterocycles. The van der Waals surface area contributed by atoms with E-state index in [0.717, 1.165) is 24.7 Å². The third-order valence-corrected chi connectivity index (χ3v) is 10.8. The molecule has 1 saturated carbocycles.